The number of aryl methyl sites for hydroxylation is 1. The minimum absolute atomic E-state index is 0.0286. The van der Waals surface area contributed by atoms with Crippen LogP contribution in [-0.4, -0.2) is 51.8 Å². The number of fused-ring (bicyclic) bond motifs is 3. The third-order valence-electron chi connectivity index (χ3n) is 6.64. The number of aliphatic hydroxyl groups is 2. The Balaban J connectivity index is 1.51. The molecule has 2 aromatic rings. The molecule has 1 aliphatic heterocycles. The van der Waals surface area contributed by atoms with Crippen molar-refractivity contribution in [2.45, 2.75) is 56.5 Å². The molecule has 1 saturated carbocycles. The van der Waals surface area contributed by atoms with E-state index in [4.69, 9.17) is 9.47 Å². The van der Waals surface area contributed by atoms with Gasteiger partial charge in [-0.1, -0.05) is 48.6 Å². The van der Waals surface area contributed by atoms with E-state index in [-0.39, 0.29) is 24.1 Å². The summed E-state index contributed by atoms with van der Waals surface area (Å²) in [5, 5.41) is 21.6. The van der Waals surface area contributed by atoms with Crippen molar-refractivity contribution in [1.29, 1.82) is 0 Å². The van der Waals surface area contributed by atoms with Crippen molar-refractivity contribution < 1.29 is 29.1 Å². The van der Waals surface area contributed by atoms with E-state index in [1.165, 1.54) is 6.66 Å². The van der Waals surface area contributed by atoms with E-state index >= 15 is 0 Å². The standard InChI is InChI=1S/C26H33O6P/c1-26(2,32-18-9-5-4-6-10-18)23(28)13-12-19-21(27)16-22-24(19)20-11-7-8-17(25(20)31-22)14-15-33(3,29)30/h4-13,19,21-24,27-28H,14-16H2,1-3H3,(H,29,30)/b13-12+/t19-,21+,22-,23-,24-/m0/s1. The molecule has 178 valence electrons. The van der Waals surface area contributed by atoms with Gasteiger partial charge in [-0.15, -0.1) is 0 Å². The summed E-state index contributed by atoms with van der Waals surface area (Å²) in [7, 11) is -3.11. The molecule has 0 radical (unpaired) electrons. The Labute approximate surface area is 195 Å². The minimum atomic E-state index is -3.11. The fraction of sp³-hybridized carbons (Fsp3) is 0.462. The molecule has 0 bridgehead atoms. The zero-order valence-corrected chi connectivity index (χ0v) is 20.2. The molecule has 1 fully saturated rings. The van der Waals surface area contributed by atoms with Crippen LogP contribution < -0.4 is 9.47 Å². The monoisotopic (exact) mass is 472 g/mol. The van der Waals surface area contributed by atoms with Gasteiger partial charge in [0.05, 0.1) is 6.10 Å². The van der Waals surface area contributed by atoms with Gasteiger partial charge in [0.2, 0.25) is 0 Å². The maximum atomic E-state index is 11.8. The summed E-state index contributed by atoms with van der Waals surface area (Å²) in [6, 6.07) is 15.3. The summed E-state index contributed by atoms with van der Waals surface area (Å²) in [4.78, 5) is 9.68. The molecule has 0 aromatic heterocycles. The normalized spacial score (nSPS) is 27.0. The van der Waals surface area contributed by atoms with E-state index in [1.54, 1.807) is 6.08 Å². The number of aliphatic hydroxyl groups excluding tert-OH is 2. The Morgan fingerprint density at radius 3 is 2.64 bits per heavy atom. The van der Waals surface area contributed by atoms with E-state index < -0.39 is 25.2 Å². The van der Waals surface area contributed by atoms with E-state index in [1.807, 2.05) is 68.5 Å². The van der Waals surface area contributed by atoms with Gasteiger partial charge >= 0.3 is 0 Å². The second-order valence-corrected chi connectivity index (χ2v) is 12.3. The van der Waals surface area contributed by atoms with Crippen LogP contribution >= 0.6 is 7.37 Å². The van der Waals surface area contributed by atoms with Crippen LogP contribution in [0.15, 0.2) is 60.7 Å². The maximum Gasteiger partial charge on any atom is 0.198 e. The zero-order valence-electron chi connectivity index (χ0n) is 19.3. The number of ether oxygens (including phenoxy) is 2. The molecule has 33 heavy (non-hydrogen) atoms. The molecule has 0 spiro atoms. The van der Waals surface area contributed by atoms with Gasteiger partial charge in [-0.2, -0.15) is 0 Å². The second kappa shape index (κ2) is 9.27. The zero-order chi connectivity index (χ0) is 23.8. The van der Waals surface area contributed by atoms with E-state index in [0.717, 1.165) is 16.9 Å². The van der Waals surface area contributed by atoms with E-state index in [9.17, 15) is 19.7 Å². The summed E-state index contributed by atoms with van der Waals surface area (Å²) >= 11 is 0. The van der Waals surface area contributed by atoms with Gasteiger partial charge in [0.25, 0.3) is 0 Å². The molecule has 1 aliphatic carbocycles. The first kappa shape index (κ1) is 24.0. The van der Waals surface area contributed by atoms with Crippen molar-refractivity contribution in [1.82, 2.24) is 0 Å². The van der Waals surface area contributed by atoms with Gasteiger partial charge in [0.1, 0.15) is 29.3 Å². The van der Waals surface area contributed by atoms with Gasteiger partial charge < -0.3 is 24.6 Å². The van der Waals surface area contributed by atoms with Crippen molar-refractivity contribution >= 4 is 7.37 Å². The van der Waals surface area contributed by atoms with Crippen LogP contribution in [0.25, 0.3) is 0 Å². The first-order chi connectivity index (χ1) is 15.5. The smallest absolute Gasteiger partial charge is 0.198 e. The van der Waals surface area contributed by atoms with Gasteiger partial charge in [-0.25, -0.2) is 0 Å². The van der Waals surface area contributed by atoms with E-state index in [2.05, 4.69) is 0 Å². The van der Waals surface area contributed by atoms with Crippen LogP contribution in [0.5, 0.6) is 11.5 Å². The molecular formula is C26H33O6P. The number of hydrogen-bond donors (Lipinski definition) is 3. The molecule has 4 rings (SSSR count). The molecule has 6 nitrogen and oxygen atoms in total. The summed E-state index contributed by atoms with van der Waals surface area (Å²) in [6.45, 7) is 5.03. The Morgan fingerprint density at radius 2 is 1.94 bits per heavy atom. The molecule has 6 atom stereocenters. The average Bonchev–Trinajstić information content (AvgIpc) is 3.25. The highest BCUT2D eigenvalue weighted by Crippen LogP contribution is 2.52. The Kier molecular flexibility index (Phi) is 6.75. The van der Waals surface area contributed by atoms with Crippen molar-refractivity contribution in [3.63, 3.8) is 0 Å². The van der Waals surface area contributed by atoms with Crippen molar-refractivity contribution in [2.24, 2.45) is 5.92 Å². The lowest BCUT2D eigenvalue weighted by atomic mass is 9.86. The number of para-hydroxylation sites is 2. The predicted octanol–water partition coefficient (Wildman–Crippen LogP) is 4.13. The third kappa shape index (κ3) is 5.36. The Hall–Kier alpha value is -2.11. The number of hydrogen-bond acceptors (Lipinski definition) is 5. The molecule has 7 heteroatoms. The fourth-order valence-corrected chi connectivity index (χ4v) is 5.47. The molecule has 0 saturated heterocycles. The topological polar surface area (TPSA) is 96.2 Å². The average molecular weight is 473 g/mol. The molecular weight excluding hydrogens is 439 g/mol. The number of benzene rings is 2. The highest BCUT2D eigenvalue weighted by molar-refractivity contribution is 7.57. The Bertz CT molecular complexity index is 1040. The number of rotatable bonds is 8. The quantitative estimate of drug-likeness (QED) is 0.395. The van der Waals surface area contributed by atoms with Crippen LogP contribution in [0.3, 0.4) is 0 Å². The van der Waals surface area contributed by atoms with Crippen molar-refractivity contribution in [3.8, 4) is 11.5 Å². The summed E-state index contributed by atoms with van der Waals surface area (Å²) in [6.07, 6.45) is 3.16. The second-order valence-electron chi connectivity index (χ2n) is 9.77. The summed E-state index contributed by atoms with van der Waals surface area (Å²) in [5.74, 6) is 1.23. The van der Waals surface area contributed by atoms with Crippen molar-refractivity contribution in [2.75, 3.05) is 12.8 Å². The van der Waals surface area contributed by atoms with E-state index in [0.29, 0.717) is 18.6 Å². The maximum absolute atomic E-state index is 11.8. The fourth-order valence-electron chi connectivity index (χ4n) is 4.81. The SMILES string of the molecule is CC(C)(Oc1ccccc1)[C@@H](O)/C=C/[C@@H]1[C@H]2c3cccc(CCP(C)(=O)O)c3O[C@H]2C[C@H]1O. The highest BCUT2D eigenvalue weighted by Gasteiger charge is 2.49. The summed E-state index contributed by atoms with van der Waals surface area (Å²) in [5.41, 5.74) is 1.09. The predicted molar refractivity (Wildman–Crippen MR) is 128 cm³/mol. The van der Waals surface area contributed by atoms with Gasteiger partial charge in [-0.3, -0.25) is 4.57 Å². The molecule has 3 N–H and O–H groups in total. The lowest BCUT2D eigenvalue weighted by Crippen LogP contribution is -2.41. The van der Waals surface area contributed by atoms with Crippen LogP contribution in [-0.2, 0) is 11.0 Å². The first-order valence-corrected chi connectivity index (χ1v) is 13.7. The minimum Gasteiger partial charge on any atom is -0.489 e. The molecule has 2 aliphatic rings. The van der Waals surface area contributed by atoms with Crippen LogP contribution in [0.1, 0.15) is 37.3 Å². The Morgan fingerprint density at radius 1 is 1.21 bits per heavy atom. The largest absolute Gasteiger partial charge is 0.489 e. The molecule has 1 heterocycles. The van der Waals surface area contributed by atoms with Crippen LogP contribution in [0, 0.1) is 5.92 Å². The summed E-state index contributed by atoms with van der Waals surface area (Å²) < 4.78 is 24.0. The van der Waals surface area contributed by atoms with Gasteiger partial charge in [-0.05, 0) is 38.0 Å². The highest BCUT2D eigenvalue weighted by atomic mass is 31.2. The first-order valence-electron chi connectivity index (χ1n) is 11.4. The molecule has 1 unspecified atom stereocenters. The molecule has 2 aromatic carbocycles. The lowest BCUT2D eigenvalue weighted by molar-refractivity contribution is -0.00221. The van der Waals surface area contributed by atoms with Gasteiger partial charge in [0.15, 0.2) is 7.37 Å². The van der Waals surface area contributed by atoms with Crippen LogP contribution in [0.4, 0.5) is 0 Å². The van der Waals surface area contributed by atoms with Gasteiger partial charge in [0, 0.05) is 36.6 Å². The van der Waals surface area contributed by atoms with Crippen LogP contribution in [0.2, 0.25) is 0 Å². The molecule has 0 amide bonds. The lowest BCUT2D eigenvalue weighted by Gasteiger charge is -2.30. The third-order valence-corrected chi connectivity index (χ3v) is 7.69. The van der Waals surface area contributed by atoms with Crippen molar-refractivity contribution in [3.05, 3.63) is 71.8 Å².